The maximum atomic E-state index is 12.7. The van der Waals surface area contributed by atoms with Gasteiger partial charge >= 0.3 is 23.9 Å². The summed E-state index contributed by atoms with van der Waals surface area (Å²) >= 11 is 0. The molecule has 1 atom stereocenters. The quantitative estimate of drug-likeness (QED) is 0.417. The zero-order chi connectivity index (χ0) is 20.2. The fourth-order valence-corrected chi connectivity index (χ4v) is 3.64. The number of carboxylic acid groups (broad SMARTS) is 2. The van der Waals surface area contributed by atoms with E-state index >= 15 is 0 Å². The molecular weight excluding hydrogens is 332 g/mol. The number of hydrogen-bond donors (Lipinski definition) is 3. The zero-order valence-corrected chi connectivity index (χ0v) is 15.5. The fourth-order valence-electron chi connectivity index (χ4n) is 3.64. The van der Waals surface area contributed by atoms with Crippen molar-refractivity contribution in [2.24, 2.45) is 23.2 Å². The van der Waals surface area contributed by atoms with Crippen molar-refractivity contribution in [2.75, 3.05) is 0 Å². The minimum Gasteiger partial charge on any atom is -0.481 e. The van der Waals surface area contributed by atoms with Gasteiger partial charge in [0.2, 0.25) is 0 Å². The molecule has 0 aromatic carbocycles. The zero-order valence-electron chi connectivity index (χ0n) is 15.5. The van der Waals surface area contributed by atoms with Crippen LogP contribution in [-0.4, -0.2) is 44.8 Å². The number of rotatable bonds is 9. The van der Waals surface area contributed by atoms with Gasteiger partial charge < -0.3 is 20.1 Å². The van der Waals surface area contributed by atoms with Gasteiger partial charge in [0, 0.05) is 0 Å². The number of aliphatic hydroxyl groups is 1. The molecule has 144 valence electrons. The Bertz CT molecular complexity index is 513. The Kier molecular flexibility index (Phi) is 7.76. The predicted octanol–water partition coefficient (Wildman–Crippen LogP) is 1.69. The van der Waals surface area contributed by atoms with E-state index in [-0.39, 0.29) is 17.8 Å². The lowest BCUT2D eigenvalue weighted by Crippen LogP contribution is -2.48. The highest BCUT2D eigenvalue weighted by molar-refractivity contribution is 5.93. The molecule has 0 saturated heterocycles. The molecule has 25 heavy (non-hydrogen) atoms. The van der Waals surface area contributed by atoms with Gasteiger partial charge in [-0.3, -0.25) is 14.4 Å². The SMILES string of the molecule is CC(C)C(C(=O)OC(=O)CC(O)(CC(=O)O)C(=O)O)(C(C)C)C(C)C. The van der Waals surface area contributed by atoms with Crippen LogP contribution < -0.4 is 0 Å². The molecule has 8 heteroatoms. The van der Waals surface area contributed by atoms with E-state index in [0.717, 1.165) is 0 Å². The third-order valence-electron chi connectivity index (χ3n) is 4.70. The van der Waals surface area contributed by atoms with Crippen molar-refractivity contribution < 1.29 is 39.2 Å². The summed E-state index contributed by atoms with van der Waals surface area (Å²) in [5, 5.41) is 27.6. The lowest BCUT2D eigenvalue weighted by molar-refractivity contribution is -0.182. The van der Waals surface area contributed by atoms with Crippen LogP contribution >= 0.6 is 0 Å². The highest BCUT2D eigenvalue weighted by Crippen LogP contribution is 2.44. The number of aliphatic carboxylic acids is 2. The van der Waals surface area contributed by atoms with E-state index in [9.17, 15) is 24.3 Å². The van der Waals surface area contributed by atoms with Crippen LogP contribution in [-0.2, 0) is 23.9 Å². The van der Waals surface area contributed by atoms with Gasteiger partial charge in [0.15, 0.2) is 5.60 Å². The minimum atomic E-state index is -2.83. The lowest BCUT2D eigenvalue weighted by Gasteiger charge is -2.42. The second kappa shape index (κ2) is 8.42. The van der Waals surface area contributed by atoms with Gasteiger partial charge in [-0.15, -0.1) is 0 Å². The maximum absolute atomic E-state index is 12.7. The first-order valence-corrected chi connectivity index (χ1v) is 8.14. The highest BCUT2D eigenvalue weighted by Gasteiger charge is 2.50. The van der Waals surface area contributed by atoms with Crippen LogP contribution in [0, 0.1) is 23.2 Å². The summed E-state index contributed by atoms with van der Waals surface area (Å²) in [4.78, 5) is 46.5. The average Bonchev–Trinajstić information content (AvgIpc) is 2.35. The third kappa shape index (κ3) is 5.01. The molecule has 0 bridgehead atoms. The van der Waals surface area contributed by atoms with Crippen molar-refractivity contribution in [2.45, 2.75) is 60.0 Å². The average molecular weight is 360 g/mol. The van der Waals surface area contributed by atoms with E-state index in [4.69, 9.17) is 14.9 Å². The first-order chi connectivity index (χ1) is 11.2. The van der Waals surface area contributed by atoms with E-state index in [1.807, 2.05) is 41.5 Å². The highest BCUT2D eigenvalue weighted by atomic mass is 16.6. The monoisotopic (exact) mass is 360 g/mol. The lowest BCUT2D eigenvalue weighted by atomic mass is 9.62. The van der Waals surface area contributed by atoms with Gasteiger partial charge in [-0.25, -0.2) is 4.79 Å². The van der Waals surface area contributed by atoms with Crippen LogP contribution in [0.3, 0.4) is 0 Å². The molecule has 0 aromatic heterocycles. The molecule has 3 N–H and O–H groups in total. The van der Waals surface area contributed by atoms with Crippen LogP contribution in [0.4, 0.5) is 0 Å². The second-order valence-corrected chi connectivity index (χ2v) is 7.24. The van der Waals surface area contributed by atoms with Crippen LogP contribution in [0.5, 0.6) is 0 Å². The topological polar surface area (TPSA) is 138 Å². The second-order valence-electron chi connectivity index (χ2n) is 7.24. The van der Waals surface area contributed by atoms with E-state index in [2.05, 4.69) is 0 Å². The Morgan fingerprint density at radius 3 is 1.52 bits per heavy atom. The van der Waals surface area contributed by atoms with E-state index in [1.165, 1.54) is 0 Å². The summed E-state index contributed by atoms with van der Waals surface area (Å²) in [7, 11) is 0. The van der Waals surface area contributed by atoms with Gasteiger partial charge in [0.25, 0.3) is 0 Å². The van der Waals surface area contributed by atoms with E-state index in [1.54, 1.807) is 0 Å². The fraction of sp³-hybridized carbons (Fsp3) is 0.765. The molecule has 0 amide bonds. The van der Waals surface area contributed by atoms with Crippen molar-refractivity contribution in [3.05, 3.63) is 0 Å². The molecule has 0 spiro atoms. The summed E-state index contributed by atoms with van der Waals surface area (Å²) in [5.74, 6) is -6.03. The summed E-state index contributed by atoms with van der Waals surface area (Å²) in [6, 6.07) is 0. The number of esters is 2. The van der Waals surface area contributed by atoms with Crippen molar-refractivity contribution in [1.29, 1.82) is 0 Å². The summed E-state index contributed by atoms with van der Waals surface area (Å²) in [6.45, 7) is 10.9. The van der Waals surface area contributed by atoms with Crippen LogP contribution in [0.1, 0.15) is 54.4 Å². The Hall–Kier alpha value is -1.96. The van der Waals surface area contributed by atoms with E-state index < -0.39 is 47.7 Å². The van der Waals surface area contributed by atoms with Crippen molar-refractivity contribution in [1.82, 2.24) is 0 Å². The number of carbonyl (C=O) groups is 4. The number of carboxylic acids is 2. The maximum Gasteiger partial charge on any atom is 0.336 e. The molecule has 0 aromatic rings. The Balaban J connectivity index is 5.48. The first-order valence-electron chi connectivity index (χ1n) is 8.14. The molecule has 0 saturated carbocycles. The molecule has 0 fully saturated rings. The van der Waals surface area contributed by atoms with Crippen LogP contribution in [0.15, 0.2) is 0 Å². The summed E-state index contributed by atoms with van der Waals surface area (Å²) in [6.07, 6.45) is -2.32. The van der Waals surface area contributed by atoms with Crippen molar-refractivity contribution in [3.8, 4) is 0 Å². The molecule has 0 aliphatic rings. The normalized spacial score (nSPS) is 14.5. The molecule has 1 unspecified atom stereocenters. The first kappa shape index (κ1) is 23.0. The standard InChI is InChI=1S/C17H28O8/c1-9(2)17(10(3)4,11(5)6)15(23)25-13(20)8-16(24,14(21)22)7-12(18)19/h9-11,24H,7-8H2,1-6H3,(H,18,19)(H,21,22). The van der Waals surface area contributed by atoms with Gasteiger partial charge in [-0.05, 0) is 17.8 Å². The Morgan fingerprint density at radius 1 is 0.840 bits per heavy atom. The molecule has 0 heterocycles. The van der Waals surface area contributed by atoms with Crippen molar-refractivity contribution in [3.63, 3.8) is 0 Å². The molecule has 0 rings (SSSR count). The van der Waals surface area contributed by atoms with Gasteiger partial charge in [0.1, 0.15) is 0 Å². The third-order valence-corrected chi connectivity index (χ3v) is 4.70. The smallest absolute Gasteiger partial charge is 0.336 e. The van der Waals surface area contributed by atoms with Crippen LogP contribution in [0.2, 0.25) is 0 Å². The molecular formula is C17H28O8. The molecule has 0 aliphatic heterocycles. The number of carbonyl (C=O) groups excluding carboxylic acids is 2. The number of ether oxygens (including phenoxy) is 1. The Labute approximate surface area is 147 Å². The van der Waals surface area contributed by atoms with Crippen LogP contribution in [0.25, 0.3) is 0 Å². The van der Waals surface area contributed by atoms with Gasteiger partial charge in [-0.1, -0.05) is 41.5 Å². The largest absolute Gasteiger partial charge is 0.481 e. The molecule has 0 radical (unpaired) electrons. The molecule has 0 aliphatic carbocycles. The predicted molar refractivity (Wildman–Crippen MR) is 87.5 cm³/mol. The molecule has 8 nitrogen and oxygen atoms in total. The summed E-state index contributed by atoms with van der Waals surface area (Å²) in [5.41, 5.74) is -3.82. The van der Waals surface area contributed by atoms with Gasteiger partial charge in [-0.2, -0.15) is 0 Å². The number of hydrogen-bond acceptors (Lipinski definition) is 6. The van der Waals surface area contributed by atoms with E-state index in [0.29, 0.717) is 0 Å². The van der Waals surface area contributed by atoms with Crippen molar-refractivity contribution >= 4 is 23.9 Å². The minimum absolute atomic E-state index is 0.162. The Morgan fingerprint density at radius 2 is 1.24 bits per heavy atom. The van der Waals surface area contributed by atoms with Gasteiger partial charge in [0.05, 0.1) is 18.3 Å². The summed E-state index contributed by atoms with van der Waals surface area (Å²) < 4.78 is 4.83.